The zero-order valence-electron chi connectivity index (χ0n) is 8.03. The molecule has 2 aromatic carbocycles. The summed E-state index contributed by atoms with van der Waals surface area (Å²) in [7, 11) is 0. The van der Waals surface area contributed by atoms with Crippen molar-refractivity contribution >= 4 is 25.3 Å². The molecule has 0 aromatic heterocycles. The van der Waals surface area contributed by atoms with Crippen LogP contribution in [0.15, 0.2) is 42.5 Å². The Hall–Kier alpha value is -1.54. The molecule has 0 amide bonds. The van der Waals surface area contributed by atoms with E-state index in [4.69, 9.17) is 0 Å². The molecule has 1 nitrogen and oxygen atoms in total. The average Bonchev–Trinajstić information content (AvgIpc) is 2.19. The average molecular weight is 197 g/mol. The van der Waals surface area contributed by atoms with E-state index in [9.17, 15) is 0 Å². The van der Waals surface area contributed by atoms with E-state index in [2.05, 4.69) is 48.6 Å². The van der Waals surface area contributed by atoms with Gasteiger partial charge in [0.15, 0.2) is 0 Å². The molecule has 0 unspecified atom stereocenters. The topological polar surface area (TPSA) is 35.0 Å². The Balaban J connectivity index is 0.000000562. The highest BCUT2D eigenvalue weighted by Crippen LogP contribution is 2.27. The molecule has 3 N–H and O–H groups in total. The lowest BCUT2D eigenvalue weighted by atomic mass is 9.93. The highest BCUT2D eigenvalue weighted by molar-refractivity contribution is 5.94. The van der Waals surface area contributed by atoms with Crippen LogP contribution in [0.4, 0.5) is 0 Å². The summed E-state index contributed by atoms with van der Waals surface area (Å²) in [6.45, 7) is 0. The van der Waals surface area contributed by atoms with Crippen molar-refractivity contribution in [1.82, 2.24) is 6.15 Å². The van der Waals surface area contributed by atoms with Crippen LogP contribution < -0.4 is 6.15 Å². The molecule has 2 heteroatoms. The van der Waals surface area contributed by atoms with E-state index in [0.29, 0.717) is 0 Å². The van der Waals surface area contributed by atoms with Crippen molar-refractivity contribution in [3.63, 3.8) is 0 Å². The molecule has 0 bridgehead atoms. The molecule has 15 heavy (non-hydrogen) atoms. The van der Waals surface area contributed by atoms with Crippen molar-refractivity contribution in [3.8, 4) is 0 Å². The second-order valence-corrected chi connectivity index (χ2v) is 3.47. The lowest BCUT2D eigenvalue weighted by molar-refractivity contribution is 1.29. The maximum absolute atomic E-state index is 2.23. The molecule has 0 saturated heterocycles. The maximum Gasteiger partial charge on any atom is 0.0814 e. The molecular formula is C13H16BN. The van der Waals surface area contributed by atoms with E-state index < -0.39 is 0 Å². The van der Waals surface area contributed by atoms with Crippen LogP contribution in [-0.2, 0) is 6.42 Å². The molecule has 76 valence electrons. The number of benzene rings is 2. The first-order valence-electron chi connectivity index (χ1n) is 4.62. The van der Waals surface area contributed by atoms with Gasteiger partial charge in [-0.05, 0) is 28.3 Å². The normalized spacial score (nSPS) is 11.7. The Morgan fingerprint density at radius 2 is 1.67 bits per heavy atom. The number of hydrogen-bond acceptors (Lipinski definition) is 1. The molecule has 0 spiro atoms. The third-order valence-electron chi connectivity index (χ3n) is 2.66. The molecule has 0 saturated carbocycles. The summed E-state index contributed by atoms with van der Waals surface area (Å²) in [5.41, 5.74) is 2.81. The van der Waals surface area contributed by atoms with Crippen LogP contribution in [-0.4, -0.2) is 8.41 Å². The first-order chi connectivity index (χ1) is 6.45. The van der Waals surface area contributed by atoms with Crippen LogP contribution in [0.2, 0.25) is 0 Å². The first kappa shape index (κ1) is 11.5. The van der Waals surface area contributed by atoms with Crippen LogP contribution >= 0.6 is 0 Å². The fourth-order valence-electron chi connectivity index (χ4n) is 2.07. The molecular weight excluding hydrogens is 181 g/mol. The van der Waals surface area contributed by atoms with Crippen LogP contribution in [0.3, 0.4) is 0 Å². The van der Waals surface area contributed by atoms with Crippen molar-refractivity contribution < 1.29 is 0 Å². The van der Waals surface area contributed by atoms with Gasteiger partial charge in [-0.2, -0.15) is 0 Å². The molecule has 0 radical (unpaired) electrons. The Kier molecular flexibility index (Phi) is 3.33. The Morgan fingerprint density at radius 1 is 0.933 bits per heavy atom. The van der Waals surface area contributed by atoms with Crippen LogP contribution in [0.25, 0.3) is 16.8 Å². The minimum Gasteiger partial charge on any atom is -0.344 e. The monoisotopic (exact) mass is 197 g/mol. The molecule has 3 rings (SSSR count). The van der Waals surface area contributed by atoms with Gasteiger partial charge in [-0.1, -0.05) is 48.6 Å². The van der Waals surface area contributed by atoms with Gasteiger partial charge < -0.3 is 6.15 Å². The molecule has 0 atom stereocenters. The highest BCUT2D eigenvalue weighted by Gasteiger charge is 2.06. The van der Waals surface area contributed by atoms with Crippen LogP contribution in [0.5, 0.6) is 0 Å². The van der Waals surface area contributed by atoms with Crippen molar-refractivity contribution in [2.75, 3.05) is 0 Å². The van der Waals surface area contributed by atoms with Gasteiger partial charge in [0, 0.05) is 0 Å². The molecule has 2 aromatic rings. The van der Waals surface area contributed by atoms with Gasteiger partial charge in [0.2, 0.25) is 0 Å². The van der Waals surface area contributed by atoms with E-state index in [1.54, 1.807) is 0 Å². The second-order valence-electron chi connectivity index (χ2n) is 3.47. The largest absolute Gasteiger partial charge is 0.344 e. The zero-order chi connectivity index (χ0) is 8.67. The molecule has 0 fully saturated rings. The lowest BCUT2D eigenvalue weighted by Crippen LogP contribution is -1.91. The smallest absolute Gasteiger partial charge is 0.0814 e. The summed E-state index contributed by atoms with van der Waals surface area (Å²) in [6.07, 6.45) is 5.53. The molecule has 1 aliphatic carbocycles. The Labute approximate surface area is 92.0 Å². The van der Waals surface area contributed by atoms with Gasteiger partial charge in [-0.15, -0.1) is 0 Å². The van der Waals surface area contributed by atoms with Crippen LogP contribution in [0, 0.1) is 0 Å². The van der Waals surface area contributed by atoms with Crippen molar-refractivity contribution in [1.29, 1.82) is 0 Å². The van der Waals surface area contributed by atoms with Crippen molar-refractivity contribution in [2.24, 2.45) is 0 Å². The van der Waals surface area contributed by atoms with E-state index in [0.717, 1.165) is 6.42 Å². The van der Waals surface area contributed by atoms with E-state index in [1.807, 2.05) is 0 Å². The third-order valence-corrected chi connectivity index (χ3v) is 2.66. The van der Waals surface area contributed by atoms with Crippen LogP contribution in [0.1, 0.15) is 11.1 Å². The fraction of sp³-hybridized carbons (Fsp3) is 0.0769. The molecule has 0 heterocycles. The third kappa shape index (κ3) is 1.68. The maximum atomic E-state index is 2.23. The number of rotatable bonds is 0. The van der Waals surface area contributed by atoms with Crippen molar-refractivity contribution in [2.45, 2.75) is 6.42 Å². The minimum atomic E-state index is 0. The zero-order valence-corrected chi connectivity index (χ0v) is 8.03. The van der Waals surface area contributed by atoms with E-state index >= 15 is 0 Å². The summed E-state index contributed by atoms with van der Waals surface area (Å²) >= 11 is 0. The van der Waals surface area contributed by atoms with E-state index in [-0.39, 0.29) is 14.6 Å². The Bertz CT molecular complexity index is 498. The standard InChI is InChI=1S/C13H10.BH3.H3N/c1-4-10-6-2-8-12-9-3-7-11(5-1)13(10)12;;/h1-8H,9H2;2*1H3. The van der Waals surface area contributed by atoms with Gasteiger partial charge in [0.05, 0.1) is 8.41 Å². The minimum absolute atomic E-state index is 0. The van der Waals surface area contributed by atoms with Gasteiger partial charge in [-0.3, -0.25) is 0 Å². The SMILES string of the molecule is B.C1=Cc2cccc3cccc(c23)C1.N. The summed E-state index contributed by atoms with van der Waals surface area (Å²) in [6, 6.07) is 13.0. The van der Waals surface area contributed by atoms with Gasteiger partial charge in [-0.25, -0.2) is 0 Å². The summed E-state index contributed by atoms with van der Waals surface area (Å²) < 4.78 is 0. The van der Waals surface area contributed by atoms with Crippen molar-refractivity contribution in [3.05, 3.63) is 53.6 Å². The highest BCUT2D eigenvalue weighted by atomic mass is 14.1. The van der Waals surface area contributed by atoms with Gasteiger partial charge >= 0.3 is 0 Å². The number of allylic oxidation sites excluding steroid dienone is 1. The predicted molar refractivity (Wildman–Crippen MR) is 71.6 cm³/mol. The van der Waals surface area contributed by atoms with Gasteiger partial charge in [0.1, 0.15) is 0 Å². The van der Waals surface area contributed by atoms with E-state index in [1.165, 1.54) is 21.9 Å². The lowest BCUT2D eigenvalue weighted by Gasteiger charge is -2.11. The summed E-state index contributed by atoms with van der Waals surface area (Å²) in [5, 5.41) is 2.80. The number of hydrogen-bond donors (Lipinski definition) is 1. The molecule has 0 aliphatic heterocycles. The summed E-state index contributed by atoms with van der Waals surface area (Å²) in [5.74, 6) is 0. The molecule has 1 aliphatic rings. The fourth-order valence-corrected chi connectivity index (χ4v) is 2.07. The predicted octanol–water partition coefficient (Wildman–Crippen LogP) is 2.39. The quantitative estimate of drug-likeness (QED) is 0.646. The first-order valence-corrected chi connectivity index (χ1v) is 4.62. The van der Waals surface area contributed by atoms with Gasteiger partial charge in [0.25, 0.3) is 0 Å². The summed E-state index contributed by atoms with van der Waals surface area (Å²) in [4.78, 5) is 0. The second kappa shape index (κ2) is 4.32. The Morgan fingerprint density at radius 3 is 2.47 bits per heavy atom.